The summed E-state index contributed by atoms with van der Waals surface area (Å²) in [5.74, 6) is -1.29. The molecule has 21 heavy (non-hydrogen) atoms. The van der Waals surface area contributed by atoms with Crippen molar-refractivity contribution in [2.24, 2.45) is 0 Å². The highest BCUT2D eigenvalue weighted by molar-refractivity contribution is 5.92. The monoisotopic (exact) mass is 296 g/mol. The van der Waals surface area contributed by atoms with Gasteiger partial charge in [0.15, 0.2) is 0 Å². The van der Waals surface area contributed by atoms with Gasteiger partial charge in [0.2, 0.25) is 11.7 Å². The first kappa shape index (κ1) is 13.6. The summed E-state index contributed by atoms with van der Waals surface area (Å²) < 4.78 is 38.8. The minimum Gasteiger partial charge on any atom is -0.353 e. The van der Waals surface area contributed by atoms with E-state index in [4.69, 9.17) is 0 Å². The van der Waals surface area contributed by atoms with Crippen LogP contribution in [-0.2, 0) is 11.0 Å². The van der Waals surface area contributed by atoms with E-state index in [1.807, 2.05) is 0 Å². The van der Waals surface area contributed by atoms with Crippen LogP contribution in [0.1, 0.15) is 5.82 Å². The molecule has 110 valence electrons. The number of hydrogen-bond acceptors (Lipinski definition) is 4. The van der Waals surface area contributed by atoms with E-state index in [0.29, 0.717) is 18.5 Å². The summed E-state index contributed by atoms with van der Waals surface area (Å²) in [6, 6.07) is 6.46. The lowest BCUT2D eigenvalue weighted by Gasteiger charge is -2.28. The average molecular weight is 296 g/mol. The molecule has 0 bridgehead atoms. The molecule has 5 nitrogen and oxygen atoms in total. The predicted octanol–water partition coefficient (Wildman–Crippen LogP) is 1.58. The molecule has 1 N–H and O–H groups in total. The topological polar surface area (TPSA) is 58.1 Å². The summed E-state index contributed by atoms with van der Waals surface area (Å²) in [5.41, 5.74) is 0.209. The highest BCUT2D eigenvalue weighted by Gasteiger charge is 2.36. The molecule has 1 aliphatic rings. The van der Waals surface area contributed by atoms with E-state index in [1.165, 1.54) is 11.0 Å². The lowest BCUT2D eigenvalue weighted by Crippen LogP contribution is -2.48. The molecule has 3 rings (SSSR count). The third-order valence-corrected chi connectivity index (χ3v) is 3.17. The number of fused-ring (bicyclic) bond motifs is 1. The predicted molar refractivity (Wildman–Crippen MR) is 69.8 cm³/mol. The number of nitrogens with one attached hydrogen (secondary N) is 1. The van der Waals surface area contributed by atoms with Crippen molar-refractivity contribution in [2.45, 2.75) is 6.18 Å². The molecule has 8 heteroatoms. The van der Waals surface area contributed by atoms with E-state index in [9.17, 15) is 18.0 Å². The van der Waals surface area contributed by atoms with Gasteiger partial charge in [-0.2, -0.15) is 13.2 Å². The van der Waals surface area contributed by atoms with Crippen LogP contribution in [0.25, 0.3) is 10.9 Å². The third kappa shape index (κ3) is 2.61. The number of anilines is 1. The van der Waals surface area contributed by atoms with Gasteiger partial charge in [-0.1, -0.05) is 12.1 Å². The van der Waals surface area contributed by atoms with E-state index in [-0.39, 0.29) is 23.8 Å². The molecule has 1 amide bonds. The SMILES string of the molecule is O=C1CN(c2nc(C(F)(F)F)nc3ccccc23)CCN1. The Bertz CT molecular complexity index is 701. The second-order valence-electron chi connectivity index (χ2n) is 4.66. The standard InChI is InChI=1S/C13H11F3N4O/c14-13(15,16)12-18-9-4-2-1-3-8(9)11(19-12)20-6-5-17-10(21)7-20/h1-4H,5-7H2,(H,17,21). The van der Waals surface area contributed by atoms with Crippen molar-refractivity contribution in [3.63, 3.8) is 0 Å². The Morgan fingerprint density at radius 2 is 1.95 bits per heavy atom. The van der Waals surface area contributed by atoms with Gasteiger partial charge in [-0.15, -0.1) is 0 Å². The summed E-state index contributed by atoms with van der Waals surface area (Å²) in [6.07, 6.45) is -4.63. The van der Waals surface area contributed by atoms with Gasteiger partial charge < -0.3 is 10.2 Å². The number of piperazine rings is 1. The summed E-state index contributed by atoms with van der Waals surface area (Å²) in [5, 5.41) is 3.13. The van der Waals surface area contributed by atoms with Gasteiger partial charge in [0.1, 0.15) is 5.82 Å². The van der Waals surface area contributed by atoms with Gasteiger partial charge in [-0.25, -0.2) is 9.97 Å². The molecule has 0 spiro atoms. The van der Waals surface area contributed by atoms with E-state index in [1.54, 1.807) is 18.2 Å². The lowest BCUT2D eigenvalue weighted by atomic mass is 10.2. The largest absolute Gasteiger partial charge is 0.451 e. The Balaban J connectivity index is 2.17. The Hall–Kier alpha value is -2.38. The second-order valence-corrected chi connectivity index (χ2v) is 4.66. The zero-order valence-electron chi connectivity index (χ0n) is 10.8. The number of rotatable bonds is 1. The molecule has 0 radical (unpaired) electrons. The van der Waals surface area contributed by atoms with Crippen molar-refractivity contribution in [1.82, 2.24) is 15.3 Å². The van der Waals surface area contributed by atoms with Gasteiger partial charge in [-0.3, -0.25) is 4.79 Å². The van der Waals surface area contributed by atoms with E-state index < -0.39 is 12.0 Å². The minimum absolute atomic E-state index is 0.0156. The van der Waals surface area contributed by atoms with E-state index >= 15 is 0 Å². The van der Waals surface area contributed by atoms with E-state index in [0.717, 1.165) is 0 Å². The average Bonchev–Trinajstić information content (AvgIpc) is 2.45. The van der Waals surface area contributed by atoms with Gasteiger partial charge >= 0.3 is 6.18 Å². The maximum Gasteiger partial charge on any atom is 0.451 e. The van der Waals surface area contributed by atoms with Crippen molar-refractivity contribution >= 4 is 22.6 Å². The second kappa shape index (κ2) is 4.87. The number of hydrogen-bond donors (Lipinski definition) is 1. The maximum atomic E-state index is 12.9. The fourth-order valence-corrected chi connectivity index (χ4v) is 2.25. The molecule has 0 saturated carbocycles. The quantitative estimate of drug-likeness (QED) is 0.868. The summed E-state index contributed by atoms with van der Waals surface area (Å²) in [6.45, 7) is 0.765. The zero-order chi connectivity index (χ0) is 15.0. The van der Waals surface area contributed by atoms with Gasteiger partial charge in [0, 0.05) is 18.5 Å². The third-order valence-electron chi connectivity index (χ3n) is 3.17. The fourth-order valence-electron chi connectivity index (χ4n) is 2.25. The number of benzene rings is 1. The first-order valence-corrected chi connectivity index (χ1v) is 6.31. The first-order chi connectivity index (χ1) is 9.95. The van der Waals surface area contributed by atoms with Crippen LogP contribution in [0.2, 0.25) is 0 Å². The Morgan fingerprint density at radius 3 is 2.67 bits per heavy atom. The van der Waals surface area contributed by atoms with Crippen LogP contribution >= 0.6 is 0 Å². The number of amides is 1. The zero-order valence-corrected chi connectivity index (χ0v) is 10.8. The molecule has 1 aromatic carbocycles. The Morgan fingerprint density at radius 1 is 1.19 bits per heavy atom. The first-order valence-electron chi connectivity index (χ1n) is 6.31. The van der Waals surface area contributed by atoms with Gasteiger partial charge in [-0.05, 0) is 12.1 Å². The molecule has 2 aromatic rings. The molecule has 1 aliphatic heterocycles. The molecule has 0 unspecified atom stereocenters. The number of carbonyl (C=O) groups excluding carboxylic acids is 1. The maximum absolute atomic E-state index is 12.9. The number of halogens is 3. The summed E-state index contributed by atoms with van der Waals surface area (Å²) in [4.78, 5) is 20.2. The fraction of sp³-hybridized carbons (Fsp3) is 0.308. The number of aromatic nitrogens is 2. The molecule has 0 aliphatic carbocycles. The number of para-hydroxylation sites is 1. The Labute approximate surface area is 117 Å². The molecular formula is C13H11F3N4O. The van der Waals surface area contributed by atoms with Crippen LogP contribution < -0.4 is 10.2 Å². The molecular weight excluding hydrogens is 285 g/mol. The highest BCUT2D eigenvalue weighted by atomic mass is 19.4. The van der Waals surface area contributed by atoms with Crippen LogP contribution in [0.4, 0.5) is 19.0 Å². The number of alkyl halides is 3. The Kier molecular flexibility index (Phi) is 3.15. The molecule has 1 fully saturated rings. The van der Waals surface area contributed by atoms with Crippen LogP contribution in [0.5, 0.6) is 0 Å². The normalized spacial score (nSPS) is 16.1. The van der Waals surface area contributed by atoms with Crippen molar-refractivity contribution in [2.75, 3.05) is 24.5 Å². The van der Waals surface area contributed by atoms with Crippen molar-refractivity contribution < 1.29 is 18.0 Å². The lowest BCUT2D eigenvalue weighted by molar-refractivity contribution is -0.144. The van der Waals surface area contributed by atoms with Crippen molar-refractivity contribution in [3.05, 3.63) is 30.1 Å². The summed E-state index contributed by atoms with van der Waals surface area (Å²) >= 11 is 0. The molecule has 1 saturated heterocycles. The molecule has 0 atom stereocenters. The highest BCUT2D eigenvalue weighted by Crippen LogP contribution is 2.31. The summed E-state index contributed by atoms with van der Waals surface area (Å²) in [7, 11) is 0. The van der Waals surface area contributed by atoms with Crippen LogP contribution in [-0.4, -0.2) is 35.5 Å². The molecule has 1 aromatic heterocycles. The smallest absolute Gasteiger partial charge is 0.353 e. The number of nitrogens with zero attached hydrogens (tertiary/aromatic N) is 3. The number of carbonyl (C=O) groups is 1. The molecule has 2 heterocycles. The van der Waals surface area contributed by atoms with Crippen molar-refractivity contribution in [1.29, 1.82) is 0 Å². The van der Waals surface area contributed by atoms with Crippen LogP contribution in [0.15, 0.2) is 24.3 Å². The van der Waals surface area contributed by atoms with Gasteiger partial charge in [0.25, 0.3) is 0 Å². The van der Waals surface area contributed by atoms with Gasteiger partial charge in [0.05, 0.1) is 12.1 Å². The van der Waals surface area contributed by atoms with Crippen molar-refractivity contribution in [3.8, 4) is 0 Å². The van der Waals surface area contributed by atoms with Crippen LogP contribution in [0.3, 0.4) is 0 Å². The minimum atomic E-state index is -4.63. The van der Waals surface area contributed by atoms with Crippen LogP contribution in [0, 0.1) is 0 Å². The van der Waals surface area contributed by atoms with E-state index in [2.05, 4.69) is 15.3 Å².